The van der Waals surface area contributed by atoms with Crippen LogP contribution in [0.2, 0.25) is 5.02 Å². The molecule has 6 rings (SSSR count). The minimum Gasteiger partial charge on any atom is -0.504 e. The van der Waals surface area contributed by atoms with E-state index in [1.807, 2.05) is 30.3 Å². The molecule has 188 valence electrons. The lowest BCUT2D eigenvalue weighted by Crippen LogP contribution is -2.22. The summed E-state index contributed by atoms with van der Waals surface area (Å²) in [6.07, 6.45) is 7.10. The molecular formula is C28H25ClFN5O2. The van der Waals surface area contributed by atoms with Gasteiger partial charge in [-0.25, -0.2) is 9.37 Å². The highest BCUT2D eigenvalue weighted by molar-refractivity contribution is 6.32. The van der Waals surface area contributed by atoms with Gasteiger partial charge >= 0.3 is 0 Å². The second-order valence-corrected chi connectivity index (χ2v) is 10.1. The number of carbonyl (C=O) groups excluding carboxylic acids is 1. The van der Waals surface area contributed by atoms with Crippen molar-refractivity contribution in [3.8, 4) is 16.9 Å². The SMILES string of the molecule is O=CC1(c2cnc3ccc(-c4cc(F)c(O)c(Cl)c4)cc3c2Nc2ccc(NC3CCNC3)nc2)CC1. The average molecular weight is 518 g/mol. The van der Waals surface area contributed by atoms with Gasteiger partial charge in [-0.05, 0) is 73.3 Å². The number of nitrogens with one attached hydrogen (secondary N) is 3. The summed E-state index contributed by atoms with van der Waals surface area (Å²) in [5, 5.41) is 20.7. The third kappa shape index (κ3) is 4.47. The van der Waals surface area contributed by atoms with Crippen molar-refractivity contribution in [3.63, 3.8) is 0 Å². The Morgan fingerprint density at radius 2 is 1.97 bits per heavy atom. The Hall–Kier alpha value is -3.75. The minimum absolute atomic E-state index is 0.0635. The van der Waals surface area contributed by atoms with Gasteiger partial charge in [0.05, 0.1) is 33.5 Å². The van der Waals surface area contributed by atoms with Gasteiger partial charge in [-0.15, -0.1) is 0 Å². The van der Waals surface area contributed by atoms with Crippen molar-refractivity contribution in [1.29, 1.82) is 0 Å². The van der Waals surface area contributed by atoms with Gasteiger partial charge in [0.15, 0.2) is 11.6 Å². The first-order chi connectivity index (χ1) is 18.0. The molecule has 1 saturated heterocycles. The molecule has 2 aromatic carbocycles. The number of nitrogens with zero attached hydrogens (tertiary/aromatic N) is 2. The standard InChI is InChI=1S/C28H25ClFN5O2/c29-22-10-17(11-23(30)27(22)37)16-1-3-24-20(9-16)26(21(14-32-24)28(15-36)6-7-28)35-18-2-4-25(33-13-18)34-19-5-8-31-12-19/h1-4,9-11,13-15,19,31,37H,5-8,12H2,(H,32,35)(H,33,34). The second-order valence-electron chi connectivity index (χ2n) is 9.73. The van der Waals surface area contributed by atoms with Crippen LogP contribution in [0.25, 0.3) is 22.0 Å². The smallest absolute Gasteiger partial charge is 0.170 e. The van der Waals surface area contributed by atoms with E-state index < -0.39 is 17.0 Å². The van der Waals surface area contributed by atoms with Crippen LogP contribution in [0.5, 0.6) is 5.75 Å². The van der Waals surface area contributed by atoms with Crippen LogP contribution >= 0.6 is 11.6 Å². The van der Waals surface area contributed by atoms with E-state index in [0.717, 1.165) is 72.3 Å². The van der Waals surface area contributed by atoms with Gasteiger partial charge in [0.1, 0.15) is 12.1 Å². The summed E-state index contributed by atoms with van der Waals surface area (Å²) in [7, 11) is 0. The van der Waals surface area contributed by atoms with Crippen molar-refractivity contribution >= 4 is 46.0 Å². The third-order valence-electron chi connectivity index (χ3n) is 7.21. The number of phenolic OH excluding ortho intramolecular Hbond substituents is 1. The number of halogens is 2. The normalized spacial score (nSPS) is 18.1. The monoisotopic (exact) mass is 517 g/mol. The zero-order chi connectivity index (χ0) is 25.6. The Labute approximate surface area is 218 Å². The van der Waals surface area contributed by atoms with E-state index >= 15 is 0 Å². The molecule has 2 aliphatic rings. The van der Waals surface area contributed by atoms with Gasteiger partial charge in [-0.1, -0.05) is 17.7 Å². The Kier molecular flexibility index (Phi) is 5.93. The molecule has 4 N–H and O–H groups in total. The van der Waals surface area contributed by atoms with Gasteiger partial charge in [0.25, 0.3) is 0 Å². The van der Waals surface area contributed by atoms with E-state index in [4.69, 9.17) is 11.6 Å². The summed E-state index contributed by atoms with van der Waals surface area (Å²) in [5.41, 5.74) is 3.74. The first-order valence-corrected chi connectivity index (χ1v) is 12.6. The zero-order valence-corrected chi connectivity index (χ0v) is 20.6. The van der Waals surface area contributed by atoms with Crippen LogP contribution in [0.1, 0.15) is 24.8 Å². The van der Waals surface area contributed by atoms with Crippen LogP contribution in [0.15, 0.2) is 54.9 Å². The van der Waals surface area contributed by atoms with Crippen LogP contribution < -0.4 is 16.0 Å². The maximum absolute atomic E-state index is 14.2. The number of fused-ring (bicyclic) bond motifs is 1. The number of pyridine rings is 2. The predicted octanol–water partition coefficient (Wildman–Crippen LogP) is 5.54. The number of aromatic hydroxyl groups is 1. The van der Waals surface area contributed by atoms with Crippen LogP contribution in [-0.2, 0) is 10.2 Å². The Bertz CT molecular complexity index is 1480. The average Bonchev–Trinajstić information content (AvgIpc) is 3.54. The number of rotatable bonds is 7. The number of benzene rings is 2. The Morgan fingerprint density at radius 1 is 1.11 bits per heavy atom. The summed E-state index contributed by atoms with van der Waals surface area (Å²) < 4.78 is 14.2. The molecular weight excluding hydrogens is 493 g/mol. The van der Waals surface area contributed by atoms with Gasteiger partial charge in [-0.3, -0.25) is 4.98 Å². The highest BCUT2D eigenvalue weighted by Gasteiger charge is 2.46. The number of carbonyl (C=O) groups is 1. The van der Waals surface area contributed by atoms with Crippen molar-refractivity contribution in [3.05, 3.63) is 71.3 Å². The van der Waals surface area contributed by atoms with E-state index in [1.54, 1.807) is 12.4 Å². The molecule has 9 heteroatoms. The molecule has 1 unspecified atom stereocenters. The van der Waals surface area contributed by atoms with Crippen LogP contribution in [0.4, 0.5) is 21.6 Å². The second kappa shape index (κ2) is 9.28. The summed E-state index contributed by atoms with van der Waals surface area (Å²) in [6.45, 7) is 1.92. The molecule has 37 heavy (non-hydrogen) atoms. The lowest BCUT2D eigenvalue weighted by atomic mass is 9.94. The fourth-order valence-electron chi connectivity index (χ4n) is 4.89. The Balaban J connectivity index is 1.41. The number of aldehydes is 1. The van der Waals surface area contributed by atoms with E-state index in [-0.39, 0.29) is 5.02 Å². The van der Waals surface area contributed by atoms with Gasteiger partial charge in [0, 0.05) is 29.7 Å². The summed E-state index contributed by atoms with van der Waals surface area (Å²) in [6, 6.07) is 12.6. The summed E-state index contributed by atoms with van der Waals surface area (Å²) in [5.74, 6) is -0.563. The van der Waals surface area contributed by atoms with Gasteiger partial charge in [-0.2, -0.15) is 0 Å². The molecule has 1 saturated carbocycles. The first-order valence-electron chi connectivity index (χ1n) is 12.2. The quantitative estimate of drug-likeness (QED) is 0.239. The molecule has 0 spiro atoms. The molecule has 0 bridgehead atoms. The summed E-state index contributed by atoms with van der Waals surface area (Å²) >= 11 is 6.04. The van der Waals surface area contributed by atoms with Crippen LogP contribution in [-0.4, -0.2) is 40.5 Å². The van der Waals surface area contributed by atoms with Crippen molar-refractivity contribution in [1.82, 2.24) is 15.3 Å². The van der Waals surface area contributed by atoms with E-state index in [1.165, 1.54) is 12.1 Å². The summed E-state index contributed by atoms with van der Waals surface area (Å²) in [4.78, 5) is 21.3. The Morgan fingerprint density at radius 3 is 2.65 bits per heavy atom. The van der Waals surface area contributed by atoms with Crippen molar-refractivity contribution in [2.75, 3.05) is 23.7 Å². The molecule has 4 aromatic rings. The molecule has 2 aromatic heterocycles. The lowest BCUT2D eigenvalue weighted by Gasteiger charge is -2.19. The fraction of sp³-hybridized carbons (Fsp3) is 0.250. The molecule has 0 radical (unpaired) electrons. The lowest BCUT2D eigenvalue weighted by molar-refractivity contribution is -0.109. The fourth-order valence-corrected chi connectivity index (χ4v) is 5.09. The maximum atomic E-state index is 14.2. The molecule has 0 amide bonds. The minimum atomic E-state index is -0.793. The topological polar surface area (TPSA) is 99.2 Å². The molecule has 7 nitrogen and oxygen atoms in total. The third-order valence-corrected chi connectivity index (χ3v) is 7.50. The highest BCUT2D eigenvalue weighted by Crippen LogP contribution is 2.50. The van der Waals surface area contributed by atoms with E-state index in [9.17, 15) is 14.3 Å². The number of anilines is 3. The number of hydrogen-bond donors (Lipinski definition) is 4. The van der Waals surface area contributed by atoms with E-state index in [0.29, 0.717) is 17.2 Å². The zero-order valence-electron chi connectivity index (χ0n) is 19.9. The first kappa shape index (κ1) is 23.6. The maximum Gasteiger partial charge on any atom is 0.170 e. The van der Waals surface area contributed by atoms with Crippen molar-refractivity contribution in [2.45, 2.75) is 30.7 Å². The van der Waals surface area contributed by atoms with Crippen molar-refractivity contribution in [2.24, 2.45) is 0 Å². The van der Waals surface area contributed by atoms with Crippen LogP contribution in [0, 0.1) is 5.82 Å². The van der Waals surface area contributed by atoms with Gasteiger partial charge in [0.2, 0.25) is 0 Å². The highest BCUT2D eigenvalue weighted by atomic mass is 35.5. The van der Waals surface area contributed by atoms with Gasteiger partial charge < -0.3 is 25.9 Å². The van der Waals surface area contributed by atoms with Crippen molar-refractivity contribution < 1.29 is 14.3 Å². The van der Waals surface area contributed by atoms with E-state index in [2.05, 4.69) is 25.9 Å². The molecule has 2 fully saturated rings. The largest absolute Gasteiger partial charge is 0.504 e. The van der Waals surface area contributed by atoms with Crippen LogP contribution in [0.3, 0.4) is 0 Å². The molecule has 1 aliphatic heterocycles. The predicted molar refractivity (Wildman–Crippen MR) is 143 cm³/mol. The molecule has 1 atom stereocenters. The number of hydrogen-bond acceptors (Lipinski definition) is 7. The number of phenols is 1. The molecule has 3 heterocycles. The molecule has 1 aliphatic carbocycles. The number of aromatic nitrogens is 2.